The van der Waals surface area contributed by atoms with Gasteiger partial charge in [0.2, 0.25) is 0 Å². The topological polar surface area (TPSA) is 0 Å². The van der Waals surface area contributed by atoms with Gasteiger partial charge in [-0.2, -0.15) is 11.8 Å². The molecule has 1 heteroatoms. The van der Waals surface area contributed by atoms with Gasteiger partial charge in [0.25, 0.3) is 0 Å². The third-order valence-corrected chi connectivity index (χ3v) is 7.87. The first-order chi connectivity index (χ1) is 10.5. The molecule has 0 aromatic carbocycles. The summed E-state index contributed by atoms with van der Waals surface area (Å²) in [5.74, 6) is 8.59. The van der Waals surface area contributed by atoms with Crippen molar-refractivity contribution in [2.45, 2.75) is 86.5 Å². The number of rotatable bonds is 12. The van der Waals surface area contributed by atoms with Crippen LogP contribution in [0.25, 0.3) is 0 Å². The minimum Gasteiger partial charge on any atom is -0.161 e. The van der Waals surface area contributed by atoms with Gasteiger partial charge in [0.05, 0.1) is 0 Å². The van der Waals surface area contributed by atoms with Crippen molar-refractivity contribution in [3.8, 4) is 0 Å². The maximum atomic E-state index is 2.54. The van der Waals surface area contributed by atoms with Crippen LogP contribution in [0.15, 0.2) is 0 Å². The zero-order valence-corrected chi connectivity index (χ0v) is 17.1. The fourth-order valence-electron chi connectivity index (χ4n) is 4.35. The first-order valence-corrected chi connectivity index (χ1v) is 11.3. The molecule has 0 amide bonds. The summed E-state index contributed by atoms with van der Waals surface area (Å²) in [7, 11) is 0. The summed E-state index contributed by atoms with van der Waals surface area (Å²) in [5, 5.41) is 0. The molecule has 1 heterocycles. The van der Waals surface area contributed by atoms with E-state index in [4.69, 9.17) is 0 Å². The Bertz CT molecular complexity index is 271. The molecule has 0 nitrogen and oxygen atoms in total. The minimum atomic E-state index is 0.914. The van der Waals surface area contributed by atoms with Crippen molar-refractivity contribution in [1.82, 2.24) is 0 Å². The molecule has 0 aliphatic carbocycles. The average molecular weight is 327 g/mol. The summed E-state index contributed by atoms with van der Waals surface area (Å²) in [6.07, 6.45) is 9.92. The van der Waals surface area contributed by atoms with E-state index in [2.05, 4.69) is 53.3 Å². The van der Waals surface area contributed by atoms with Crippen LogP contribution in [0.3, 0.4) is 0 Å². The fraction of sp³-hybridized carbons (Fsp3) is 1.00. The highest BCUT2D eigenvalue weighted by atomic mass is 32.2. The zero-order chi connectivity index (χ0) is 16.5. The molecular weight excluding hydrogens is 284 g/mol. The Morgan fingerprint density at radius 2 is 1.45 bits per heavy atom. The Morgan fingerprint density at radius 3 is 1.91 bits per heavy atom. The molecule has 0 N–H and O–H groups in total. The Labute approximate surface area is 145 Å². The van der Waals surface area contributed by atoms with Gasteiger partial charge in [0, 0.05) is 0 Å². The van der Waals surface area contributed by atoms with Crippen molar-refractivity contribution in [3.63, 3.8) is 0 Å². The summed E-state index contributed by atoms with van der Waals surface area (Å²) in [5.41, 5.74) is 0. The molecule has 5 unspecified atom stereocenters. The molecule has 1 aliphatic rings. The third-order valence-electron chi connectivity index (χ3n) is 6.54. The molecule has 5 atom stereocenters. The first kappa shape index (κ1) is 20.4. The molecule has 0 radical (unpaired) electrons. The standard InChI is InChI=1S/C21H42S/c1-7-10-16(4)20(9-3)13-18(6)19(8-2)12-11-17(5)21-14-22-15-21/h16-21H,7-15H2,1-6H3. The van der Waals surface area contributed by atoms with Crippen LogP contribution in [0.5, 0.6) is 0 Å². The van der Waals surface area contributed by atoms with Crippen LogP contribution < -0.4 is 0 Å². The number of hydrogen-bond donors (Lipinski definition) is 0. The van der Waals surface area contributed by atoms with Gasteiger partial charge in [0.15, 0.2) is 0 Å². The van der Waals surface area contributed by atoms with E-state index in [-0.39, 0.29) is 0 Å². The fourth-order valence-corrected chi connectivity index (χ4v) is 5.51. The van der Waals surface area contributed by atoms with E-state index in [9.17, 15) is 0 Å². The minimum absolute atomic E-state index is 0.914. The quantitative estimate of drug-likeness (QED) is 0.363. The normalized spacial score (nSPS) is 22.6. The third kappa shape index (κ3) is 6.46. The summed E-state index contributed by atoms with van der Waals surface area (Å²) in [4.78, 5) is 0. The summed E-state index contributed by atoms with van der Waals surface area (Å²) >= 11 is 2.14. The molecule has 0 bridgehead atoms. The predicted octanol–water partition coefficient (Wildman–Crippen LogP) is 7.28. The molecule has 22 heavy (non-hydrogen) atoms. The first-order valence-electron chi connectivity index (χ1n) is 10.1. The van der Waals surface area contributed by atoms with Gasteiger partial charge in [0.1, 0.15) is 0 Å². The second-order valence-corrected chi connectivity index (χ2v) is 9.24. The maximum absolute atomic E-state index is 2.54. The zero-order valence-electron chi connectivity index (χ0n) is 16.2. The molecule has 132 valence electrons. The second-order valence-electron chi connectivity index (χ2n) is 8.17. The Hall–Kier alpha value is 0.350. The van der Waals surface area contributed by atoms with Gasteiger partial charge in [-0.15, -0.1) is 0 Å². The highest BCUT2D eigenvalue weighted by molar-refractivity contribution is 8.00. The SMILES string of the molecule is CCCC(C)C(CC)CC(C)C(CC)CCC(C)C1CSC1. The lowest BCUT2D eigenvalue weighted by Gasteiger charge is -2.33. The van der Waals surface area contributed by atoms with Crippen LogP contribution in [-0.2, 0) is 0 Å². The van der Waals surface area contributed by atoms with Crippen molar-refractivity contribution in [2.75, 3.05) is 11.5 Å². The Morgan fingerprint density at radius 1 is 0.818 bits per heavy atom. The Balaban J connectivity index is 2.39. The summed E-state index contributed by atoms with van der Waals surface area (Å²) in [6, 6.07) is 0. The van der Waals surface area contributed by atoms with Crippen molar-refractivity contribution < 1.29 is 0 Å². The number of thioether (sulfide) groups is 1. The largest absolute Gasteiger partial charge is 0.161 e. The van der Waals surface area contributed by atoms with Crippen LogP contribution in [0, 0.1) is 35.5 Å². The van der Waals surface area contributed by atoms with Crippen LogP contribution in [-0.4, -0.2) is 11.5 Å². The van der Waals surface area contributed by atoms with Crippen LogP contribution in [0.1, 0.15) is 86.5 Å². The van der Waals surface area contributed by atoms with Crippen molar-refractivity contribution in [1.29, 1.82) is 0 Å². The van der Waals surface area contributed by atoms with Gasteiger partial charge in [-0.3, -0.25) is 0 Å². The Kier molecular flexibility index (Phi) is 10.2. The van der Waals surface area contributed by atoms with Gasteiger partial charge in [-0.1, -0.05) is 73.6 Å². The smallest absolute Gasteiger partial charge is 0.00286 e. The van der Waals surface area contributed by atoms with E-state index >= 15 is 0 Å². The summed E-state index contributed by atoms with van der Waals surface area (Å²) < 4.78 is 0. The molecule has 0 saturated carbocycles. The molecular formula is C21H42S. The molecule has 1 fully saturated rings. The lowest BCUT2D eigenvalue weighted by Crippen LogP contribution is -2.26. The van der Waals surface area contributed by atoms with Crippen molar-refractivity contribution >= 4 is 11.8 Å². The van der Waals surface area contributed by atoms with E-state index in [1.807, 2.05) is 0 Å². The van der Waals surface area contributed by atoms with E-state index in [1.54, 1.807) is 0 Å². The highest BCUT2D eigenvalue weighted by Gasteiger charge is 2.27. The molecule has 1 saturated heterocycles. The van der Waals surface area contributed by atoms with E-state index < -0.39 is 0 Å². The molecule has 1 rings (SSSR count). The van der Waals surface area contributed by atoms with Gasteiger partial charge < -0.3 is 0 Å². The van der Waals surface area contributed by atoms with Crippen LogP contribution in [0.4, 0.5) is 0 Å². The van der Waals surface area contributed by atoms with Gasteiger partial charge in [-0.25, -0.2) is 0 Å². The molecule has 0 aromatic rings. The van der Waals surface area contributed by atoms with Crippen LogP contribution in [0.2, 0.25) is 0 Å². The maximum Gasteiger partial charge on any atom is -0.00286 e. The van der Waals surface area contributed by atoms with E-state index in [0.717, 1.165) is 35.5 Å². The lowest BCUT2D eigenvalue weighted by molar-refractivity contribution is 0.202. The lowest BCUT2D eigenvalue weighted by atomic mass is 9.75. The molecule has 1 aliphatic heterocycles. The van der Waals surface area contributed by atoms with E-state index in [0.29, 0.717) is 0 Å². The average Bonchev–Trinajstić information content (AvgIpc) is 2.43. The predicted molar refractivity (Wildman–Crippen MR) is 105 cm³/mol. The number of hydrogen-bond acceptors (Lipinski definition) is 1. The van der Waals surface area contributed by atoms with E-state index in [1.165, 1.54) is 56.5 Å². The van der Waals surface area contributed by atoms with Gasteiger partial charge >= 0.3 is 0 Å². The van der Waals surface area contributed by atoms with Crippen molar-refractivity contribution in [3.05, 3.63) is 0 Å². The molecule has 0 spiro atoms. The van der Waals surface area contributed by atoms with Crippen LogP contribution >= 0.6 is 11.8 Å². The highest BCUT2D eigenvalue weighted by Crippen LogP contribution is 2.37. The van der Waals surface area contributed by atoms with Crippen molar-refractivity contribution in [2.24, 2.45) is 35.5 Å². The monoisotopic (exact) mass is 326 g/mol. The molecule has 0 aromatic heterocycles. The second kappa shape index (κ2) is 11.0. The van der Waals surface area contributed by atoms with Gasteiger partial charge in [-0.05, 0) is 59.9 Å². The summed E-state index contributed by atoms with van der Waals surface area (Å²) in [6.45, 7) is 14.7.